The molecule has 0 bridgehead atoms. The molecule has 102 valence electrons. The number of carbonyl (C=O) groups excluding carboxylic acids is 1. The summed E-state index contributed by atoms with van der Waals surface area (Å²) in [6.07, 6.45) is 3.12. The first kappa shape index (κ1) is 15.3. The Labute approximate surface area is 124 Å². The van der Waals surface area contributed by atoms with E-state index < -0.39 is 6.03 Å². The largest absolute Gasteiger partial charge is 0.493 e. The van der Waals surface area contributed by atoms with Crippen molar-refractivity contribution in [1.29, 1.82) is 0 Å². The molecule has 1 aromatic carbocycles. The van der Waals surface area contributed by atoms with Gasteiger partial charge in [-0.25, -0.2) is 10.2 Å². The molecule has 0 fully saturated rings. The standard InChI is InChI=1S/C12H14IN3O3/c1-3-4-19-11-9(13)5-8(6-10(11)18-2)7-15-16-12(14)17/h3,5-7H,1,4H2,2H3,(H3,14,16,17)/b15-7-. The number of benzene rings is 1. The highest BCUT2D eigenvalue weighted by atomic mass is 127. The summed E-state index contributed by atoms with van der Waals surface area (Å²) in [6, 6.07) is 2.87. The van der Waals surface area contributed by atoms with Crippen molar-refractivity contribution >= 4 is 34.8 Å². The van der Waals surface area contributed by atoms with Crippen molar-refractivity contribution in [3.8, 4) is 11.5 Å². The molecule has 0 aliphatic rings. The molecule has 3 N–H and O–H groups in total. The molecule has 19 heavy (non-hydrogen) atoms. The first-order valence-corrected chi connectivity index (χ1v) is 6.36. The fourth-order valence-electron chi connectivity index (χ4n) is 1.27. The van der Waals surface area contributed by atoms with Gasteiger partial charge in [0.15, 0.2) is 11.5 Å². The Bertz CT molecular complexity index is 503. The maximum Gasteiger partial charge on any atom is 0.332 e. The van der Waals surface area contributed by atoms with E-state index in [1.54, 1.807) is 19.3 Å². The Hall–Kier alpha value is -1.77. The van der Waals surface area contributed by atoms with Crippen LogP contribution < -0.4 is 20.6 Å². The van der Waals surface area contributed by atoms with Crippen LogP contribution in [0.15, 0.2) is 29.9 Å². The molecule has 0 saturated heterocycles. The molecule has 0 aliphatic carbocycles. The third-order valence-corrected chi connectivity index (χ3v) is 2.79. The van der Waals surface area contributed by atoms with E-state index in [4.69, 9.17) is 15.2 Å². The molecule has 0 aromatic heterocycles. The molecular weight excluding hydrogens is 361 g/mol. The number of nitrogens with zero attached hydrogens (tertiary/aromatic N) is 1. The van der Waals surface area contributed by atoms with Gasteiger partial charge < -0.3 is 15.2 Å². The number of methoxy groups -OCH3 is 1. The lowest BCUT2D eigenvalue weighted by Gasteiger charge is -2.12. The Morgan fingerprint density at radius 1 is 1.63 bits per heavy atom. The SMILES string of the molecule is C=CCOc1c(I)cc(/C=N\NC(N)=O)cc1OC. The number of hydrazone groups is 1. The molecule has 2 amide bonds. The average Bonchev–Trinajstić information content (AvgIpc) is 2.36. The quantitative estimate of drug-likeness (QED) is 0.345. The molecule has 0 aliphatic heterocycles. The van der Waals surface area contributed by atoms with E-state index >= 15 is 0 Å². The predicted octanol–water partition coefficient (Wildman–Crippen LogP) is 1.87. The Morgan fingerprint density at radius 2 is 2.37 bits per heavy atom. The number of nitrogens with two attached hydrogens (primary N) is 1. The number of carbonyl (C=O) groups is 1. The third kappa shape index (κ3) is 4.78. The number of amides is 2. The highest BCUT2D eigenvalue weighted by Crippen LogP contribution is 2.33. The summed E-state index contributed by atoms with van der Waals surface area (Å²) in [7, 11) is 1.55. The number of urea groups is 1. The summed E-state index contributed by atoms with van der Waals surface area (Å²) in [5, 5.41) is 3.68. The summed E-state index contributed by atoms with van der Waals surface area (Å²) >= 11 is 2.13. The number of rotatable bonds is 6. The fourth-order valence-corrected chi connectivity index (χ4v) is 2.05. The van der Waals surface area contributed by atoms with Crippen LogP contribution in [0.3, 0.4) is 0 Å². The molecule has 0 atom stereocenters. The third-order valence-electron chi connectivity index (χ3n) is 1.99. The minimum absolute atomic E-state index is 0.392. The Kier molecular flexibility index (Phi) is 6.13. The summed E-state index contributed by atoms with van der Waals surface area (Å²) in [4.78, 5) is 10.5. The van der Waals surface area contributed by atoms with E-state index in [1.807, 2.05) is 6.07 Å². The van der Waals surface area contributed by atoms with Crippen LogP contribution in [0, 0.1) is 3.57 Å². The van der Waals surface area contributed by atoms with Gasteiger partial charge in [-0.1, -0.05) is 12.7 Å². The Balaban J connectivity index is 2.98. The van der Waals surface area contributed by atoms with Gasteiger partial charge in [-0.3, -0.25) is 0 Å². The molecule has 6 nitrogen and oxygen atoms in total. The van der Waals surface area contributed by atoms with Crippen molar-refractivity contribution in [2.75, 3.05) is 13.7 Å². The normalized spacial score (nSPS) is 10.2. The van der Waals surface area contributed by atoms with Gasteiger partial charge in [-0.05, 0) is 40.3 Å². The van der Waals surface area contributed by atoms with Crippen LogP contribution in [0.1, 0.15) is 5.56 Å². The minimum Gasteiger partial charge on any atom is -0.493 e. The van der Waals surface area contributed by atoms with Gasteiger partial charge in [0.2, 0.25) is 0 Å². The molecular formula is C12H14IN3O3. The number of ether oxygens (including phenoxy) is 2. The molecule has 1 aromatic rings. The molecule has 0 radical (unpaired) electrons. The first-order chi connectivity index (χ1) is 9.08. The maximum atomic E-state index is 10.5. The second kappa shape index (κ2) is 7.62. The van der Waals surface area contributed by atoms with Gasteiger partial charge in [-0.15, -0.1) is 0 Å². The number of hydrogen-bond acceptors (Lipinski definition) is 4. The first-order valence-electron chi connectivity index (χ1n) is 5.28. The van der Waals surface area contributed by atoms with Crippen molar-refractivity contribution in [2.24, 2.45) is 10.8 Å². The van der Waals surface area contributed by atoms with Crippen LogP contribution in [0.2, 0.25) is 0 Å². The topological polar surface area (TPSA) is 85.9 Å². The van der Waals surface area contributed by atoms with Crippen molar-refractivity contribution < 1.29 is 14.3 Å². The second-order valence-corrected chi connectivity index (χ2v) is 4.53. The zero-order chi connectivity index (χ0) is 14.3. The number of halogens is 1. The molecule has 0 heterocycles. The van der Waals surface area contributed by atoms with Crippen LogP contribution in [-0.2, 0) is 0 Å². The van der Waals surface area contributed by atoms with Crippen molar-refractivity contribution in [2.45, 2.75) is 0 Å². The van der Waals surface area contributed by atoms with Crippen LogP contribution in [0.4, 0.5) is 4.79 Å². The van der Waals surface area contributed by atoms with Gasteiger partial charge in [0, 0.05) is 0 Å². The number of primary amides is 1. The van der Waals surface area contributed by atoms with Crippen LogP contribution in [0.25, 0.3) is 0 Å². The predicted molar refractivity (Wildman–Crippen MR) is 81.7 cm³/mol. The lowest BCUT2D eigenvalue weighted by molar-refractivity contribution is 0.249. The second-order valence-electron chi connectivity index (χ2n) is 3.37. The van der Waals surface area contributed by atoms with Gasteiger partial charge in [0.05, 0.1) is 16.9 Å². The smallest absolute Gasteiger partial charge is 0.332 e. The lowest BCUT2D eigenvalue weighted by Crippen LogP contribution is -2.24. The van der Waals surface area contributed by atoms with Crippen LogP contribution in [-0.4, -0.2) is 26.0 Å². The van der Waals surface area contributed by atoms with E-state index in [-0.39, 0.29) is 0 Å². The van der Waals surface area contributed by atoms with Gasteiger partial charge in [0.1, 0.15) is 6.61 Å². The van der Waals surface area contributed by atoms with Crippen molar-refractivity contribution in [3.05, 3.63) is 33.9 Å². The number of nitrogens with one attached hydrogen (secondary N) is 1. The van der Waals surface area contributed by atoms with Crippen molar-refractivity contribution in [3.63, 3.8) is 0 Å². The molecule has 7 heteroatoms. The van der Waals surface area contributed by atoms with E-state index in [0.717, 1.165) is 9.13 Å². The molecule has 0 spiro atoms. The monoisotopic (exact) mass is 375 g/mol. The van der Waals surface area contributed by atoms with Gasteiger partial charge in [0.25, 0.3) is 0 Å². The molecule has 0 unspecified atom stereocenters. The number of hydrogen-bond donors (Lipinski definition) is 2. The molecule has 1 rings (SSSR count). The summed E-state index contributed by atoms with van der Waals surface area (Å²) in [6.45, 7) is 3.99. The van der Waals surface area contributed by atoms with Crippen LogP contribution in [0.5, 0.6) is 11.5 Å². The zero-order valence-electron chi connectivity index (χ0n) is 10.4. The average molecular weight is 375 g/mol. The summed E-state index contributed by atoms with van der Waals surface area (Å²) in [5.41, 5.74) is 7.77. The molecule has 0 saturated carbocycles. The Morgan fingerprint density at radius 3 is 2.95 bits per heavy atom. The van der Waals surface area contributed by atoms with E-state index in [1.165, 1.54) is 6.21 Å². The fraction of sp³-hybridized carbons (Fsp3) is 0.167. The highest BCUT2D eigenvalue weighted by Gasteiger charge is 2.10. The van der Waals surface area contributed by atoms with Crippen LogP contribution >= 0.6 is 22.6 Å². The zero-order valence-corrected chi connectivity index (χ0v) is 12.5. The summed E-state index contributed by atoms with van der Waals surface area (Å²) < 4.78 is 11.6. The van der Waals surface area contributed by atoms with Gasteiger partial charge in [-0.2, -0.15) is 5.10 Å². The lowest BCUT2D eigenvalue weighted by atomic mass is 10.2. The summed E-state index contributed by atoms with van der Waals surface area (Å²) in [5.74, 6) is 1.22. The van der Waals surface area contributed by atoms with Gasteiger partial charge >= 0.3 is 6.03 Å². The van der Waals surface area contributed by atoms with E-state index in [2.05, 4.69) is 39.7 Å². The van der Waals surface area contributed by atoms with E-state index in [0.29, 0.717) is 18.1 Å². The van der Waals surface area contributed by atoms with Crippen molar-refractivity contribution in [1.82, 2.24) is 5.43 Å². The maximum absolute atomic E-state index is 10.5. The minimum atomic E-state index is -0.719. The van der Waals surface area contributed by atoms with E-state index in [9.17, 15) is 4.79 Å². The highest BCUT2D eigenvalue weighted by molar-refractivity contribution is 14.1.